The molecule has 0 atom stereocenters. The summed E-state index contributed by atoms with van der Waals surface area (Å²) in [7, 11) is 0. The van der Waals surface area contributed by atoms with Crippen LogP contribution in [0, 0.1) is 14.2 Å². The number of unbranched alkanes of at least 4 members (excludes halogenated alkanes) is 2. The first-order chi connectivity index (χ1) is 7.24. The van der Waals surface area contributed by atoms with Gasteiger partial charge in [-0.3, -0.25) is 4.79 Å². The van der Waals surface area contributed by atoms with E-state index in [2.05, 4.69) is 34.0 Å². The number of amides is 1. The second-order valence-corrected chi connectivity index (χ2v) is 5.82. The average molecular weight is 334 g/mol. The summed E-state index contributed by atoms with van der Waals surface area (Å²) in [5.74, 6) is -0.0221. The van der Waals surface area contributed by atoms with E-state index in [0.717, 1.165) is 21.3 Å². The average Bonchev–Trinajstić information content (AvgIpc) is 2.64. The summed E-state index contributed by atoms with van der Waals surface area (Å²) in [6.45, 7) is 0.646. The van der Waals surface area contributed by atoms with Crippen LogP contribution in [0.1, 0.15) is 29.6 Å². The Morgan fingerprint density at radius 2 is 2.40 bits per heavy atom. The molecule has 0 aliphatic carbocycles. The Balaban J connectivity index is 2.23. The molecule has 0 spiro atoms. The fourth-order valence-electron chi connectivity index (χ4n) is 1.06. The number of halogens is 1. The molecule has 5 heteroatoms. The molecule has 1 aromatic heterocycles. The second kappa shape index (κ2) is 6.80. The molecular weight excluding hydrogens is 323 g/mol. The normalized spacial score (nSPS) is 9.60. The predicted molar refractivity (Wildman–Crippen MR) is 68.8 cm³/mol. The van der Waals surface area contributed by atoms with Gasteiger partial charge in [0.2, 0.25) is 0 Å². The van der Waals surface area contributed by atoms with Gasteiger partial charge in [0, 0.05) is 18.3 Å². The molecule has 80 valence electrons. The van der Waals surface area contributed by atoms with Gasteiger partial charge < -0.3 is 5.32 Å². The van der Waals surface area contributed by atoms with Gasteiger partial charge in [-0.1, -0.05) is 0 Å². The van der Waals surface area contributed by atoms with Crippen molar-refractivity contribution in [3.63, 3.8) is 0 Å². The van der Waals surface area contributed by atoms with Crippen LogP contribution in [0.4, 0.5) is 0 Å². The molecule has 1 N–H and O–H groups in total. The van der Waals surface area contributed by atoms with Crippen molar-refractivity contribution in [3.8, 4) is 6.07 Å². The van der Waals surface area contributed by atoms with Crippen molar-refractivity contribution >= 4 is 39.8 Å². The fraction of sp³-hybridized carbons (Fsp3) is 0.400. The third-order valence-electron chi connectivity index (χ3n) is 1.83. The molecule has 0 fully saturated rings. The molecule has 0 radical (unpaired) electrons. The van der Waals surface area contributed by atoms with Gasteiger partial charge in [-0.2, -0.15) is 5.26 Å². The van der Waals surface area contributed by atoms with Crippen LogP contribution in [0.25, 0.3) is 0 Å². The van der Waals surface area contributed by atoms with Crippen molar-refractivity contribution in [2.45, 2.75) is 19.3 Å². The summed E-state index contributed by atoms with van der Waals surface area (Å²) < 4.78 is 1.11. The summed E-state index contributed by atoms with van der Waals surface area (Å²) in [6, 6.07) is 3.95. The minimum atomic E-state index is -0.0221. The van der Waals surface area contributed by atoms with Crippen LogP contribution in [0.3, 0.4) is 0 Å². The summed E-state index contributed by atoms with van der Waals surface area (Å²) in [4.78, 5) is 11.5. The number of hydrogen-bond donors (Lipinski definition) is 1. The number of thiophene rings is 1. The van der Waals surface area contributed by atoms with Crippen LogP contribution < -0.4 is 5.32 Å². The van der Waals surface area contributed by atoms with Gasteiger partial charge >= 0.3 is 0 Å². The molecule has 3 nitrogen and oxygen atoms in total. The Bertz CT molecular complexity index is 370. The third-order valence-corrected chi connectivity index (χ3v) is 3.62. The van der Waals surface area contributed by atoms with Crippen LogP contribution in [0.15, 0.2) is 11.4 Å². The maximum Gasteiger partial charge on any atom is 0.252 e. The molecule has 15 heavy (non-hydrogen) atoms. The van der Waals surface area contributed by atoms with E-state index in [4.69, 9.17) is 5.26 Å². The zero-order chi connectivity index (χ0) is 11.1. The molecule has 0 saturated carbocycles. The van der Waals surface area contributed by atoms with Crippen molar-refractivity contribution in [3.05, 3.63) is 19.9 Å². The lowest BCUT2D eigenvalue weighted by Gasteiger charge is -2.01. The van der Waals surface area contributed by atoms with Gasteiger partial charge in [0.15, 0.2) is 0 Å². The summed E-state index contributed by atoms with van der Waals surface area (Å²) in [5.41, 5.74) is 0.727. The van der Waals surface area contributed by atoms with Gasteiger partial charge in [0.25, 0.3) is 5.91 Å². The van der Waals surface area contributed by atoms with Crippen LogP contribution in [0.2, 0.25) is 0 Å². The van der Waals surface area contributed by atoms with E-state index in [9.17, 15) is 4.79 Å². The molecule has 0 bridgehead atoms. The van der Waals surface area contributed by atoms with Gasteiger partial charge in [-0.15, -0.1) is 11.3 Å². The number of carbonyl (C=O) groups excluding carboxylic acids is 1. The van der Waals surface area contributed by atoms with E-state index in [0.29, 0.717) is 13.0 Å². The van der Waals surface area contributed by atoms with E-state index in [1.165, 1.54) is 0 Å². The third kappa shape index (κ3) is 4.62. The quantitative estimate of drug-likeness (QED) is 0.665. The molecule has 1 amide bonds. The van der Waals surface area contributed by atoms with Crippen molar-refractivity contribution < 1.29 is 4.79 Å². The number of hydrogen-bond acceptors (Lipinski definition) is 3. The SMILES string of the molecule is N#CCCCCNC(=O)c1csc(I)c1. The van der Waals surface area contributed by atoms with Crippen LogP contribution in [0.5, 0.6) is 0 Å². The highest BCUT2D eigenvalue weighted by molar-refractivity contribution is 14.1. The van der Waals surface area contributed by atoms with Crippen molar-refractivity contribution in [1.29, 1.82) is 5.26 Å². The maximum atomic E-state index is 11.5. The molecular formula is C10H11IN2OS. The highest BCUT2D eigenvalue weighted by Crippen LogP contribution is 2.16. The molecule has 1 aromatic rings. The molecule has 0 saturated heterocycles. The van der Waals surface area contributed by atoms with Gasteiger partial charge in [0.1, 0.15) is 0 Å². The Hall–Kier alpha value is -0.610. The lowest BCUT2D eigenvalue weighted by molar-refractivity contribution is 0.0953. The summed E-state index contributed by atoms with van der Waals surface area (Å²) in [5, 5.41) is 13.0. The van der Waals surface area contributed by atoms with E-state index in [-0.39, 0.29) is 5.91 Å². The zero-order valence-electron chi connectivity index (χ0n) is 8.12. The number of nitriles is 1. The molecule has 0 unspecified atom stereocenters. The zero-order valence-corrected chi connectivity index (χ0v) is 11.1. The lowest BCUT2D eigenvalue weighted by Crippen LogP contribution is -2.23. The summed E-state index contributed by atoms with van der Waals surface area (Å²) in [6.07, 6.45) is 2.27. The Labute approximate surface area is 107 Å². The predicted octanol–water partition coefficient (Wildman–Crippen LogP) is 2.78. The van der Waals surface area contributed by atoms with Gasteiger partial charge in [-0.05, 0) is 41.5 Å². The molecule has 1 rings (SSSR count). The number of rotatable bonds is 5. The first-order valence-electron chi connectivity index (χ1n) is 4.63. The monoisotopic (exact) mass is 334 g/mol. The maximum absolute atomic E-state index is 11.5. The Morgan fingerprint density at radius 1 is 1.60 bits per heavy atom. The highest BCUT2D eigenvalue weighted by Gasteiger charge is 2.06. The minimum Gasteiger partial charge on any atom is -0.352 e. The lowest BCUT2D eigenvalue weighted by atomic mass is 10.2. The Kier molecular flexibility index (Phi) is 5.65. The van der Waals surface area contributed by atoms with Crippen molar-refractivity contribution in [2.24, 2.45) is 0 Å². The first kappa shape index (κ1) is 12.5. The topological polar surface area (TPSA) is 52.9 Å². The highest BCUT2D eigenvalue weighted by atomic mass is 127. The minimum absolute atomic E-state index is 0.0221. The molecule has 0 aromatic carbocycles. The molecule has 0 aliphatic heterocycles. The van der Waals surface area contributed by atoms with E-state index >= 15 is 0 Å². The van der Waals surface area contributed by atoms with Crippen LogP contribution in [-0.4, -0.2) is 12.5 Å². The van der Waals surface area contributed by atoms with Gasteiger partial charge in [0.05, 0.1) is 14.5 Å². The standard InChI is InChI=1S/C10H11IN2OS/c11-9-6-8(7-15-9)10(14)13-5-3-1-2-4-12/h6-7H,1-3,5H2,(H,13,14). The fourth-order valence-corrected chi connectivity index (χ4v) is 2.39. The van der Waals surface area contributed by atoms with Crippen molar-refractivity contribution in [1.82, 2.24) is 5.32 Å². The summed E-state index contributed by atoms with van der Waals surface area (Å²) >= 11 is 3.76. The molecule has 0 aliphatic rings. The smallest absolute Gasteiger partial charge is 0.252 e. The molecule has 1 heterocycles. The van der Waals surface area contributed by atoms with E-state index < -0.39 is 0 Å². The van der Waals surface area contributed by atoms with Crippen LogP contribution >= 0.6 is 33.9 Å². The largest absolute Gasteiger partial charge is 0.352 e. The Morgan fingerprint density at radius 3 is 3.00 bits per heavy atom. The second-order valence-electron chi connectivity index (χ2n) is 3.01. The van der Waals surface area contributed by atoms with Crippen molar-refractivity contribution in [2.75, 3.05) is 6.54 Å². The van der Waals surface area contributed by atoms with E-state index in [1.54, 1.807) is 11.3 Å². The van der Waals surface area contributed by atoms with Crippen LogP contribution in [-0.2, 0) is 0 Å². The van der Waals surface area contributed by atoms with E-state index in [1.807, 2.05) is 11.4 Å². The number of nitrogens with zero attached hydrogens (tertiary/aromatic N) is 1. The first-order valence-corrected chi connectivity index (χ1v) is 6.59. The van der Waals surface area contributed by atoms with Gasteiger partial charge in [-0.25, -0.2) is 0 Å². The number of carbonyl (C=O) groups is 1. The number of nitrogens with one attached hydrogen (secondary N) is 1.